The summed E-state index contributed by atoms with van der Waals surface area (Å²) >= 11 is 0. The van der Waals surface area contributed by atoms with Crippen molar-refractivity contribution in [3.05, 3.63) is 54.0 Å². The van der Waals surface area contributed by atoms with E-state index in [1.54, 1.807) is 6.20 Å². The second-order valence-corrected chi connectivity index (χ2v) is 7.25. The van der Waals surface area contributed by atoms with Gasteiger partial charge in [-0.3, -0.25) is 14.7 Å². The molecular formula is C20H24F3N5O. The highest BCUT2D eigenvalue weighted by Crippen LogP contribution is 2.29. The van der Waals surface area contributed by atoms with Gasteiger partial charge in [-0.05, 0) is 44.2 Å². The van der Waals surface area contributed by atoms with Crippen molar-refractivity contribution in [1.29, 1.82) is 0 Å². The summed E-state index contributed by atoms with van der Waals surface area (Å²) in [6.45, 7) is 2.03. The first kappa shape index (κ1) is 21.0. The Bertz CT molecular complexity index is 798. The topological polar surface area (TPSA) is 61.4 Å². The number of amides is 1. The summed E-state index contributed by atoms with van der Waals surface area (Å²) in [4.78, 5) is 24.4. The number of hydrogen-bond donors (Lipinski definition) is 1. The average molecular weight is 407 g/mol. The molecule has 1 N–H and O–H groups in total. The summed E-state index contributed by atoms with van der Waals surface area (Å²) in [6, 6.07) is 8.01. The first-order valence-electron chi connectivity index (χ1n) is 9.47. The molecule has 1 atom stereocenters. The van der Waals surface area contributed by atoms with Gasteiger partial charge >= 0.3 is 6.18 Å². The van der Waals surface area contributed by atoms with Crippen molar-refractivity contribution >= 4 is 11.7 Å². The Balaban J connectivity index is 1.50. The lowest BCUT2D eigenvalue weighted by molar-refractivity contribution is -0.137. The molecule has 0 saturated carbocycles. The van der Waals surface area contributed by atoms with E-state index in [2.05, 4.69) is 15.3 Å². The zero-order valence-corrected chi connectivity index (χ0v) is 16.2. The normalized spacial score (nSPS) is 17.4. The molecule has 3 heterocycles. The second kappa shape index (κ2) is 9.21. The Morgan fingerprint density at radius 1 is 1.28 bits per heavy atom. The SMILES string of the molecule is CN(CC(=O)NC1CCCN(c2ccc(C(F)(F)F)cn2)C1)Cc1ccccn1. The Morgan fingerprint density at radius 2 is 2.10 bits per heavy atom. The van der Waals surface area contributed by atoms with Crippen molar-refractivity contribution in [3.8, 4) is 0 Å². The van der Waals surface area contributed by atoms with Gasteiger partial charge in [-0.25, -0.2) is 4.98 Å². The van der Waals surface area contributed by atoms with Crippen LogP contribution in [0.15, 0.2) is 42.7 Å². The van der Waals surface area contributed by atoms with Gasteiger partial charge in [0.25, 0.3) is 0 Å². The molecule has 6 nitrogen and oxygen atoms in total. The van der Waals surface area contributed by atoms with Crippen molar-refractivity contribution in [2.24, 2.45) is 0 Å². The summed E-state index contributed by atoms with van der Waals surface area (Å²) in [5.41, 5.74) is 0.124. The fourth-order valence-corrected chi connectivity index (χ4v) is 3.39. The van der Waals surface area contributed by atoms with Gasteiger partial charge < -0.3 is 10.2 Å². The van der Waals surface area contributed by atoms with Crippen molar-refractivity contribution in [2.75, 3.05) is 31.6 Å². The molecule has 0 aromatic carbocycles. The molecule has 1 unspecified atom stereocenters. The second-order valence-electron chi connectivity index (χ2n) is 7.25. The van der Waals surface area contributed by atoms with E-state index in [9.17, 15) is 18.0 Å². The van der Waals surface area contributed by atoms with Gasteiger partial charge in [-0.1, -0.05) is 6.07 Å². The molecule has 0 bridgehead atoms. The van der Waals surface area contributed by atoms with Gasteiger partial charge in [0, 0.05) is 38.1 Å². The summed E-state index contributed by atoms with van der Waals surface area (Å²) < 4.78 is 38.1. The first-order chi connectivity index (χ1) is 13.8. The minimum Gasteiger partial charge on any atom is -0.355 e. The highest BCUT2D eigenvalue weighted by molar-refractivity contribution is 5.78. The zero-order valence-electron chi connectivity index (χ0n) is 16.2. The van der Waals surface area contributed by atoms with Gasteiger partial charge in [0.05, 0.1) is 17.8 Å². The number of pyridine rings is 2. The molecule has 0 spiro atoms. The third kappa shape index (κ3) is 6.15. The van der Waals surface area contributed by atoms with Crippen molar-refractivity contribution in [1.82, 2.24) is 20.2 Å². The van der Waals surface area contributed by atoms with Crippen LogP contribution in [0.1, 0.15) is 24.1 Å². The summed E-state index contributed by atoms with van der Waals surface area (Å²) in [6.07, 6.45) is -0.172. The monoisotopic (exact) mass is 407 g/mol. The number of likely N-dealkylation sites (N-methyl/N-ethyl adjacent to an activating group) is 1. The Kier molecular flexibility index (Phi) is 6.68. The van der Waals surface area contributed by atoms with Crippen LogP contribution in [0.2, 0.25) is 0 Å². The van der Waals surface area contributed by atoms with Crippen LogP contribution in [0.25, 0.3) is 0 Å². The van der Waals surface area contributed by atoms with Crippen LogP contribution in [-0.4, -0.2) is 53.5 Å². The summed E-state index contributed by atoms with van der Waals surface area (Å²) in [7, 11) is 1.85. The average Bonchev–Trinajstić information content (AvgIpc) is 2.68. The molecule has 29 heavy (non-hydrogen) atoms. The number of piperidine rings is 1. The quantitative estimate of drug-likeness (QED) is 0.798. The number of carbonyl (C=O) groups excluding carboxylic acids is 1. The third-order valence-electron chi connectivity index (χ3n) is 4.76. The van der Waals surface area contributed by atoms with E-state index in [1.165, 1.54) is 6.07 Å². The Morgan fingerprint density at radius 3 is 2.76 bits per heavy atom. The number of alkyl halides is 3. The lowest BCUT2D eigenvalue weighted by Gasteiger charge is -2.34. The highest BCUT2D eigenvalue weighted by atomic mass is 19.4. The van der Waals surface area contributed by atoms with Crippen LogP contribution in [0.4, 0.5) is 19.0 Å². The minimum absolute atomic E-state index is 0.0661. The van der Waals surface area contributed by atoms with Gasteiger partial charge in [0.15, 0.2) is 0 Å². The molecule has 9 heteroatoms. The van der Waals surface area contributed by atoms with Gasteiger partial charge in [-0.15, -0.1) is 0 Å². The van der Waals surface area contributed by atoms with Crippen molar-refractivity contribution in [3.63, 3.8) is 0 Å². The largest absolute Gasteiger partial charge is 0.417 e. The van der Waals surface area contributed by atoms with E-state index in [-0.39, 0.29) is 18.5 Å². The molecule has 2 aromatic heterocycles. The maximum atomic E-state index is 12.7. The summed E-state index contributed by atoms with van der Waals surface area (Å²) in [5.74, 6) is 0.403. The number of hydrogen-bond acceptors (Lipinski definition) is 5. The number of halogens is 3. The number of carbonyl (C=O) groups is 1. The van der Waals surface area contributed by atoms with Crippen molar-refractivity contribution in [2.45, 2.75) is 31.6 Å². The number of rotatable bonds is 6. The van der Waals surface area contributed by atoms with Crippen LogP contribution >= 0.6 is 0 Å². The molecular weight excluding hydrogens is 383 g/mol. The molecule has 0 aliphatic carbocycles. The summed E-state index contributed by atoms with van der Waals surface area (Å²) in [5, 5.41) is 3.02. The molecule has 3 rings (SSSR count). The molecule has 1 fully saturated rings. The highest BCUT2D eigenvalue weighted by Gasteiger charge is 2.31. The van der Waals surface area contributed by atoms with Gasteiger partial charge in [0.2, 0.25) is 5.91 Å². The molecule has 156 valence electrons. The number of aromatic nitrogens is 2. The number of anilines is 1. The van der Waals surface area contributed by atoms with E-state index in [0.717, 1.165) is 30.8 Å². The van der Waals surface area contributed by atoms with Crippen molar-refractivity contribution < 1.29 is 18.0 Å². The lowest BCUT2D eigenvalue weighted by atomic mass is 10.1. The maximum Gasteiger partial charge on any atom is 0.417 e. The van der Waals surface area contributed by atoms with Crippen LogP contribution in [0.5, 0.6) is 0 Å². The van der Waals surface area contributed by atoms with Gasteiger partial charge in [-0.2, -0.15) is 13.2 Å². The number of nitrogens with one attached hydrogen (secondary N) is 1. The molecule has 2 aromatic rings. The molecule has 1 aliphatic rings. The standard InChI is InChI=1S/C20H24F3N5O/c1-27(12-16-5-2-3-9-24-16)14-19(29)26-17-6-4-10-28(13-17)18-8-7-15(11-25-18)20(21,22)23/h2-3,5,7-9,11,17H,4,6,10,12-14H2,1H3,(H,26,29). The van der Waals surface area contributed by atoms with E-state index in [1.807, 2.05) is 35.0 Å². The van der Waals surface area contributed by atoms with E-state index in [0.29, 0.717) is 25.5 Å². The number of nitrogens with zero attached hydrogens (tertiary/aromatic N) is 4. The van der Waals surface area contributed by atoms with Crippen LogP contribution in [-0.2, 0) is 17.5 Å². The zero-order chi connectivity index (χ0) is 20.9. The predicted molar refractivity (Wildman–Crippen MR) is 103 cm³/mol. The van der Waals surface area contributed by atoms with Crippen LogP contribution in [0, 0.1) is 0 Å². The third-order valence-corrected chi connectivity index (χ3v) is 4.76. The molecule has 0 radical (unpaired) electrons. The minimum atomic E-state index is -4.40. The van der Waals surface area contributed by atoms with E-state index < -0.39 is 11.7 Å². The van der Waals surface area contributed by atoms with Crippen LogP contribution in [0.3, 0.4) is 0 Å². The van der Waals surface area contributed by atoms with E-state index in [4.69, 9.17) is 0 Å². The molecule has 1 aliphatic heterocycles. The van der Waals surface area contributed by atoms with Gasteiger partial charge in [0.1, 0.15) is 5.82 Å². The first-order valence-corrected chi connectivity index (χ1v) is 9.47. The maximum absolute atomic E-state index is 12.7. The molecule has 1 amide bonds. The molecule has 1 saturated heterocycles. The van der Waals surface area contributed by atoms with Crippen LogP contribution < -0.4 is 10.2 Å². The fourth-order valence-electron chi connectivity index (χ4n) is 3.39. The smallest absolute Gasteiger partial charge is 0.355 e. The Labute approximate surface area is 167 Å². The fraction of sp³-hybridized carbons (Fsp3) is 0.450. The lowest BCUT2D eigenvalue weighted by Crippen LogP contribution is -2.50. The van der Waals surface area contributed by atoms with E-state index >= 15 is 0 Å². The predicted octanol–water partition coefficient (Wildman–Crippen LogP) is 2.71. The Hall–Kier alpha value is -2.68.